The van der Waals surface area contributed by atoms with E-state index in [0.717, 1.165) is 21.5 Å². The van der Waals surface area contributed by atoms with Gasteiger partial charge in [0.1, 0.15) is 5.75 Å². The maximum atomic E-state index is 13.0. The van der Waals surface area contributed by atoms with Crippen molar-refractivity contribution in [2.45, 2.75) is 13.5 Å². The number of benzene rings is 2. The number of furan rings is 1. The Balaban J connectivity index is 1.73. The molecule has 2 aromatic carbocycles. The number of hydrogen-bond acceptors (Lipinski definition) is 5. The van der Waals surface area contributed by atoms with Crippen LogP contribution in [-0.4, -0.2) is 17.5 Å². The third-order valence-electron chi connectivity index (χ3n) is 4.05. The van der Waals surface area contributed by atoms with Crippen molar-refractivity contribution in [2.75, 3.05) is 11.5 Å². The number of fused-ring (bicyclic) bond motifs is 1. The summed E-state index contributed by atoms with van der Waals surface area (Å²) in [5.41, 5.74) is 1.86. The Labute approximate surface area is 160 Å². The highest BCUT2D eigenvalue weighted by molar-refractivity contribution is 7.22. The highest BCUT2D eigenvalue weighted by Crippen LogP contribution is 2.33. The number of carbonyl (C=O) groups is 1. The van der Waals surface area contributed by atoms with Gasteiger partial charge in [-0.25, -0.2) is 4.98 Å². The van der Waals surface area contributed by atoms with Gasteiger partial charge in [0.2, 0.25) is 0 Å². The quantitative estimate of drug-likeness (QED) is 0.466. The lowest BCUT2D eigenvalue weighted by atomic mass is 10.2. The van der Waals surface area contributed by atoms with E-state index in [9.17, 15) is 4.79 Å². The van der Waals surface area contributed by atoms with Crippen molar-refractivity contribution in [1.29, 1.82) is 0 Å². The minimum absolute atomic E-state index is 0.215. The highest BCUT2D eigenvalue weighted by Gasteiger charge is 2.23. The van der Waals surface area contributed by atoms with Crippen molar-refractivity contribution in [3.05, 3.63) is 78.3 Å². The first-order valence-electron chi connectivity index (χ1n) is 8.67. The van der Waals surface area contributed by atoms with Gasteiger partial charge in [-0.15, -0.1) is 0 Å². The van der Waals surface area contributed by atoms with Gasteiger partial charge in [-0.05, 0) is 42.8 Å². The van der Waals surface area contributed by atoms with Gasteiger partial charge in [0.25, 0.3) is 5.91 Å². The van der Waals surface area contributed by atoms with Crippen LogP contribution in [0.25, 0.3) is 10.2 Å². The minimum Gasteiger partial charge on any atom is -0.494 e. The summed E-state index contributed by atoms with van der Waals surface area (Å²) < 4.78 is 11.9. The second-order valence-corrected chi connectivity index (χ2v) is 6.92. The molecule has 2 heterocycles. The largest absolute Gasteiger partial charge is 0.494 e. The number of nitrogens with zero attached hydrogens (tertiary/aromatic N) is 2. The lowest BCUT2D eigenvalue weighted by Gasteiger charge is -2.18. The van der Waals surface area contributed by atoms with E-state index in [0.29, 0.717) is 24.0 Å². The average Bonchev–Trinajstić information content (AvgIpc) is 3.36. The van der Waals surface area contributed by atoms with Gasteiger partial charge < -0.3 is 9.15 Å². The maximum absolute atomic E-state index is 13.0. The molecule has 0 bridgehead atoms. The molecule has 136 valence electrons. The first kappa shape index (κ1) is 17.3. The fourth-order valence-corrected chi connectivity index (χ4v) is 3.78. The Morgan fingerprint density at radius 3 is 2.74 bits per heavy atom. The summed E-state index contributed by atoms with van der Waals surface area (Å²) in [4.78, 5) is 19.4. The summed E-state index contributed by atoms with van der Waals surface area (Å²) >= 11 is 1.46. The predicted molar refractivity (Wildman–Crippen MR) is 106 cm³/mol. The van der Waals surface area contributed by atoms with E-state index in [1.165, 1.54) is 17.6 Å². The zero-order valence-corrected chi connectivity index (χ0v) is 15.6. The van der Waals surface area contributed by atoms with Gasteiger partial charge in [0.15, 0.2) is 10.9 Å². The van der Waals surface area contributed by atoms with Crippen molar-refractivity contribution in [2.24, 2.45) is 0 Å². The SMILES string of the molecule is CCOc1ccc2nc(N(Cc3ccccc3)C(=O)c3ccco3)sc2c1. The lowest BCUT2D eigenvalue weighted by molar-refractivity contribution is 0.0958. The normalized spacial score (nSPS) is 10.9. The zero-order valence-electron chi connectivity index (χ0n) is 14.8. The van der Waals surface area contributed by atoms with Gasteiger partial charge in [-0.3, -0.25) is 9.69 Å². The lowest BCUT2D eigenvalue weighted by Crippen LogP contribution is -2.30. The number of hydrogen-bond donors (Lipinski definition) is 0. The number of carbonyl (C=O) groups excluding carboxylic acids is 1. The van der Waals surface area contributed by atoms with E-state index in [4.69, 9.17) is 9.15 Å². The fourth-order valence-electron chi connectivity index (χ4n) is 2.79. The number of aromatic nitrogens is 1. The summed E-state index contributed by atoms with van der Waals surface area (Å²) in [6, 6.07) is 19.0. The number of anilines is 1. The molecule has 5 nitrogen and oxygen atoms in total. The van der Waals surface area contributed by atoms with E-state index in [2.05, 4.69) is 4.98 Å². The molecule has 0 saturated carbocycles. The second kappa shape index (κ2) is 7.63. The molecule has 0 radical (unpaired) electrons. The highest BCUT2D eigenvalue weighted by atomic mass is 32.1. The molecule has 0 unspecified atom stereocenters. The van der Waals surface area contributed by atoms with E-state index in [-0.39, 0.29) is 5.91 Å². The Hall–Kier alpha value is -3.12. The molecule has 0 saturated heterocycles. The molecule has 4 rings (SSSR count). The average molecular weight is 378 g/mol. The Bertz CT molecular complexity index is 1040. The van der Waals surface area contributed by atoms with Gasteiger partial charge in [-0.1, -0.05) is 41.7 Å². The predicted octanol–water partition coefficient (Wildman–Crippen LogP) is 5.14. The second-order valence-electron chi connectivity index (χ2n) is 5.91. The van der Waals surface area contributed by atoms with Crippen molar-refractivity contribution in [1.82, 2.24) is 4.98 Å². The minimum atomic E-state index is -0.215. The van der Waals surface area contributed by atoms with E-state index < -0.39 is 0 Å². The standard InChI is InChI=1S/C21H18N2O3S/c1-2-25-16-10-11-17-19(13-16)27-21(22-17)23(14-15-7-4-3-5-8-15)20(24)18-9-6-12-26-18/h3-13H,2,14H2,1H3. The maximum Gasteiger partial charge on any atom is 0.296 e. The molecule has 6 heteroatoms. The molecule has 0 atom stereocenters. The molecule has 0 aliphatic carbocycles. The van der Waals surface area contributed by atoms with Crippen LogP contribution in [0, 0.1) is 0 Å². The van der Waals surface area contributed by atoms with Crippen LogP contribution < -0.4 is 9.64 Å². The summed E-state index contributed by atoms with van der Waals surface area (Å²) in [5.74, 6) is 0.875. The van der Waals surface area contributed by atoms with E-state index >= 15 is 0 Å². The van der Waals surface area contributed by atoms with Crippen molar-refractivity contribution in [3.8, 4) is 5.75 Å². The van der Waals surface area contributed by atoms with Gasteiger partial charge >= 0.3 is 0 Å². The molecule has 0 fully saturated rings. The van der Waals surface area contributed by atoms with Crippen LogP contribution in [0.15, 0.2) is 71.3 Å². The number of rotatable bonds is 6. The molecule has 2 aromatic heterocycles. The third kappa shape index (κ3) is 3.71. The molecule has 0 aliphatic rings. The monoisotopic (exact) mass is 378 g/mol. The molecule has 1 amide bonds. The van der Waals surface area contributed by atoms with Gasteiger partial charge in [0, 0.05) is 0 Å². The van der Waals surface area contributed by atoms with Crippen molar-refractivity contribution in [3.63, 3.8) is 0 Å². The molecular formula is C21H18N2O3S. The van der Waals surface area contributed by atoms with Gasteiger partial charge in [-0.2, -0.15) is 0 Å². The Kier molecular flexibility index (Phi) is 4.89. The van der Waals surface area contributed by atoms with Crippen LogP contribution in [0.4, 0.5) is 5.13 Å². The molecule has 0 aliphatic heterocycles. The van der Waals surface area contributed by atoms with Crippen LogP contribution in [0.2, 0.25) is 0 Å². The Morgan fingerprint density at radius 1 is 1.15 bits per heavy atom. The summed E-state index contributed by atoms with van der Waals surface area (Å²) in [6.07, 6.45) is 1.50. The topological polar surface area (TPSA) is 55.6 Å². The summed E-state index contributed by atoms with van der Waals surface area (Å²) in [6.45, 7) is 2.97. The van der Waals surface area contributed by atoms with E-state index in [1.54, 1.807) is 17.0 Å². The molecular weight excluding hydrogens is 360 g/mol. The molecule has 4 aromatic rings. The summed E-state index contributed by atoms with van der Waals surface area (Å²) in [7, 11) is 0. The zero-order chi connectivity index (χ0) is 18.6. The van der Waals surface area contributed by atoms with E-state index in [1.807, 2.05) is 55.5 Å². The van der Waals surface area contributed by atoms with Crippen LogP contribution >= 0.6 is 11.3 Å². The summed E-state index contributed by atoms with van der Waals surface area (Å²) in [5, 5.41) is 0.629. The van der Waals surface area contributed by atoms with Crippen molar-refractivity contribution < 1.29 is 13.9 Å². The fraction of sp³-hybridized carbons (Fsp3) is 0.143. The van der Waals surface area contributed by atoms with Gasteiger partial charge in [0.05, 0.1) is 29.6 Å². The molecule has 0 N–H and O–H groups in total. The molecule has 27 heavy (non-hydrogen) atoms. The number of amides is 1. The van der Waals surface area contributed by atoms with Crippen LogP contribution in [-0.2, 0) is 6.54 Å². The van der Waals surface area contributed by atoms with Crippen LogP contribution in [0.1, 0.15) is 23.0 Å². The van der Waals surface area contributed by atoms with Crippen LogP contribution in [0.5, 0.6) is 5.75 Å². The number of thiazole rings is 1. The first-order valence-corrected chi connectivity index (χ1v) is 9.49. The van der Waals surface area contributed by atoms with Crippen LogP contribution in [0.3, 0.4) is 0 Å². The van der Waals surface area contributed by atoms with Crippen molar-refractivity contribution >= 4 is 32.6 Å². The number of ether oxygens (including phenoxy) is 1. The first-order chi connectivity index (χ1) is 13.2. The Morgan fingerprint density at radius 2 is 2.00 bits per heavy atom. The smallest absolute Gasteiger partial charge is 0.296 e. The third-order valence-corrected chi connectivity index (χ3v) is 5.09. The molecule has 0 spiro atoms.